The van der Waals surface area contributed by atoms with Gasteiger partial charge in [-0.3, -0.25) is 4.90 Å². The van der Waals surface area contributed by atoms with Gasteiger partial charge in [0, 0.05) is 11.6 Å². The van der Waals surface area contributed by atoms with E-state index in [2.05, 4.69) is 53.4 Å². The summed E-state index contributed by atoms with van der Waals surface area (Å²) in [7, 11) is 0. The molecule has 3 atom stereocenters. The van der Waals surface area contributed by atoms with Gasteiger partial charge in [0.05, 0.1) is 6.10 Å². The minimum atomic E-state index is -0.106. The molecule has 19 heavy (non-hydrogen) atoms. The maximum Gasteiger partial charge on any atom is 0.0555 e. The van der Waals surface area contributed by atoms with Gasteiger partial charge in [-0.05, 0) is 57.9 Å². The molecule has 1 rings (SSSR count). The predicted octanol–water partition coefficient (Wildman–Crippen LogP) is 4.07. The Kier molecular flexibility index (Phi) is 5.48. The highest BCUT2D eigenvalue weighted by atomic mass is 16.3. The summed E-state index contributed by atoms with van der Waals surface area (Å²) in [5.74, 6) is 0.695. The molecule has 0 aromatic heterocycles. The van der Waals surface area contributed by atoms with Gasteiger partial charge in [0.2, 0.25) is 0 Å². The summed E-state index contributed by atoms with van der Waals surface area (Å²) in [6, 6.07) is 0.517. The molecule has 1 aliphatic rings. The van der Waals surface area contributed by atoms with Gasteiger partial charge in [0.25, 0.3) is 0 Å². The number of nitrogens with zero attached hydrogens (tertiary/aromatic N) is 1. The lowest BCUT2D eigenvalue weighted by molar-refractivity contribution is -0.0480. The van der Waals surface area contributed by atoms with Gasteiger partial charge in [-0.15, -0.1) is 0 Å². The van der Waals surface area contributed by atoms with Gasteiger partial charge in [-0.1, -0.05) is 34.1 Å². The topological polar surface area (TPSA) is 23.5 Å². The number of rotatable bonds is 4. The summed E-state index contributed by atoms with van der Waals surface area (Å²) >= 11 is 0. The second-order valence-electron chi connectivity index (χ2n) is 7.94. The first kappa shape index (κ1) is 17.0. The molecular weight excluding hydrogens is 234 g/mol. The zero-order valence-electron chi connectivity index (χ0n) is 14.2. The molecule has 0 amide bonds. The van der Waals surface area contributed by atoms with Crippen molar-refractivity contribution < 1.29 is 5.11 Å². The van der Waals surface area contributed by atoms with Crippen molar-refractivity contribution in [1.82, 2.24) is 4.90 Å². The molecule has 1 fully saturated rings. The average molecular weight is 269 g/mol. The Morgan fingerprint density at radius 2 is 1.63 bits per heavy atom. The van der Waals surface area contributed by atoms with Crippen molar-refractivity contribution in [1.29, 1.82) is 0 Å². The first-order valence-electron chi connectivity index (χ1n) is 8.08. The average Bonchev–Trinajstić information content (AvgIpc) is 2.27. The van der Waals surface area contributed by atoms with Crippen molar-refractivity contribution >= 4 is 0 Å². The standard InChI is InChI=1S/C17H35NO/c1-8-17(6,7)14-11-10-13(19)12-15(14)18(9-2)16(3,4)5/h13-15,19H,8-12H2,1-7H3. The summed E-state index contributed by atoms with van der Waals surface area (Å²) in [4.78, 5) is 2.61. The fourth-order valence-electron chi connectivity index (χ4n) is 3.85. The smallest absolute Gasteiger partial charge is 0.0555 e. The molecule has 1 saturated carbocycles. The molecule has 2 heteroatoms. The normalized spacial score (nSPS) is 29.8. The summed E-state index contributed by atoms with van der Waals surface area (Å²) in [5.41, 5.74) is 0.544. The van der Waals surface area contributed by atoms with Crippen LogP contribution in [-0.4, -0.2) is 34.2 Å². The molecule has 2 nitrogen and oxygen atoms in total. The van der Waals surface area contributed by atoms with Crippen molar-refractivity contribution in [3.05, 3.63) is 0 Å². The van der Waals surface area contributed by atoms with Gasteiger partial charge in [-0.2, -0.15) is 0 Å². The summed E-state index contributed by atoms with van der Waals surface area (Å²) in [6.45, 7) is 17.3. The molecule has 0 saturated heterocycles. The first-order valence-corrected chi connectivity index (χ1v) is 8.08. The highest BCUT2D eigenvalue weighted by Crippen LogP contribution is 2.44. The first-order chi connectivity index (χ1) is 8.63. The molecule has 0 bridgehead atoms. The molecule has 3 unspecified atom stereocenters. The second-order valence-corrected chi connectivity index (χ2v) is 7.94. The third-order valence-electron chi connectivity index (χ3n) is 5.31. The maximum absolute atomic E-state index is 10.1. The van der Waals surface area contributed by atoms with E-state index in [-0.39, 0.29) is 11.6 Å². The zero-order valence-corrected chi connectivity index (χ0v) is 14.2. The van der Waals surface area contributed by atoms with Crippen molar-refractivity contribution in [3.8, 4) is 0 Å². The lowest BCUT2D eigenvalue weighted by Gasteiger charge is -2.52. The van der Waals surface area contributed by atoms with Crippen LogP contribution in [0.4, 0.5) is 0 Å². The van der Waals surface area contributed by atoms with Crippen molar-refractivity contribution in [2.75, 3.05) is 6.54 Å². The van der Waals surface area contributed by atoms with Crippen LogP contribution in [0.5, 0.6) is 0 Å². The van der Waals surface area contributed by atoms with Crippen molar-refractivity contribution in [2.24, 2.45) is 11.3 Å². The molecule has 0 aliphatic heterocycles. The fraction of sp³-hybridized carbons (Fsp3) is 1.00. The van der Waals surface area contributed by atoms with Crippen LogP contribution in [0.25, 0.3) is 0 Å². The van der Waals surface area contributed by atoms with Gasteiger partial charge in [-0.25, -0.2) is 0 Å². The van der Waals surface area contributed by atoms with Crippen molar-refractivity contribution in [2.45, 2.75) is 91.8 Å². The molecule has 0 spiro atoms. The van der Waals surface area contributed by atoms with Crippen molar-refractivity contribution in [3.63, 3.8) is 0 Å². The Morgan fingerprint density at radius 1 is 1.05 bits per heavy atom. The zero-order chi connectivity index (χ0) is 14.8. The molecule has 0 radical (unpaired) electrons. The van der Waals surface area contributed by atoms with E-state index in [1.54, 1.807) is 0 Å². The van der Waals surface area contributed by atoms with Gasteiger partial charge in [0.1, 0.15) is 0 Å². The largest absolute Gasteiger partial charge is 0.393 e. The van der Waals surface area contributed by atoms with Gasteiger partial charge in [0.15, 0.2) is 0 Å². The molecule has 1 aliphatic carbocycles. The van der Waals surface area contributed by atoms with E-state index in [1.165, 1.54) is 12.8 Å². The molecule has 1 N–H and O–H groups in total. The van der Waals surface area contributed by atoms with Crippen LogP contribution in [0.2, 0.25) is 0 Å². The third kappa shape index (κ3) is 3.95. The lowest BCUT2D eigenvalue weighted by atomic mass is 9.65. The van der Waals surface area contributed by atoms with E-state index in [4.69, 9.17) is 0 Å². The van der Waals surface area contributed by atoms with E-state index >= 15 is 0 Å². The predicted molar refractivity (Wildman–Crippen MR) is 83.3 cm³/mol. The molecule has 0 aromatic rings. The highest BCUT2D eigenvalue weighted by molar-refractivity contribution is 4.96. The second kappa shape index (κ2) is 6.13. The van der Waals surface area contributed by atoms with Gasteiger partial charge >= 0.3 is 0 Å². The minimum Gasteiger partial charge on any atom is -0.393 e. The quantitative estimate of drug-likeness (QED) is 0.831. The summed E-state index contributed by atoms with van der Waals surface area (Å²) in [5, 5.41) is 10.1. The maximum atomic E-state index is 10.1. The van der Waals surface area contributed by atoms with Crippen LogP contribution in [0, 0.1) is 11.3 Å². The van der Waals surface area contributed by atoms with E-state index in [0.717, 1.165) is 19.4 Å². The van der Waals surface area contributed by atoms with E-state index in [1.807, 2.05) is 0 Å². The van der Waals surface area contributed by atoms with Crippen LogP contribution in [0.1, 0.15) is 74.1 Å². The summed E-state index contributed by atoms with van der Waals surface area (Å²) < 4.78 is 0. The number of hydrogen-bond acceptors (Lipinski definition) is 2. The molecule has 0 aromatic carbocycles. The van der Waals surface area contributed by atoms with E-state index < -0.39 is 0 Å². The molecule has 114 valence electrons. The minimum absolute atomic E-state index is 0.106. The number of aliphatic hydroxyl groups excluding tert-OH is 1. The molecule has 0 heterocycles. The third-order valence-corrected chi connectivity index (χ3v) is 5.31. The number of aliphatic hydroxyl groups is 1. The highest BCUT2D eigenvalue weighted by Gasteiger charge is 2.43. The van der Waals surface area contributed by atoms with Crippen LogP contribution < -0.4 is 0 Å². The van der Waals surface area contributed by atoms with E-state index in [0.29, 0.717) is 17.4 Å². The Bertz CT molecular complexity index is 279. The molecular formula is C17H35NO. The number of hydrogen-bond donors (Lipinski definition) is 1. The summed E-state index contributed by atoms with van der Waals surface area (Å²) in [6.07, 6.45) is 4.20. The van der Waals surface area contributed by atoms with Gasteiger partial charge < -0.3 is 5.11 Å². The SMILES string of the molecule is CCN(C1CC(O)CCC1C(C)(C)CC)C(C)(C)C. The Morgan fingerprint density at radius 3 is 2.05 bits per heavy atom. The van der Waals surface area contributed by atoms with Crippen LogP contribution in [-0.2, 0) is 0 Å². The monoisotopic (exact) mass is 269 g/mol. The van der Waals surface area contributed by atoms with Crippen LogP contribution >= 0.6 is 0 Å². The Hall–Kier alpha value is -0.0800. The Labute approximate surface area is 120 Å². The van der Waals surface area contributed by atoms with Crippen LogP contribution in [0.15, 0.2) is 0 Å². The van der Waals surface area contributed by atoms with E-state index in [9.17, 15) is 5.11 Å². The Balaban J connectivity index is 3.01. The fourth-order valence-corrected chi connectivity index (χ4v) is 3.85. The van der Waals surface area contributed by atoms with Crippen LogP contribution in [0.3, 0.4) is 0 Å². The lowest BCUT2D eigenvalue weighted by Crippen LogP contribution is -2.56.